The number of amides is 1. The molecule has 51 heavy (non-hydrogen) atoms. The van der Waals surface area contributed by atoms with Crippen molar-refractivity contribution in [2.75, 3.05) is 61.1 Å². The van der Waals surface area contributed by atoms with Crippen LogP contribution in [0.3, 0.4) is 0 Å². The highest BCUT2D eigenvalue weighted by Crippen LogP contribution is 2.36. The van der Waals surface area contributed by atoms with Crippen LogP contribution in [-0.2, 0) is 47.3 Å². The van der Waals surface area contributed by atoms with Crippen LogP contribution in [-0.4, -0.2) is 93.1 Å². The van der Waals surface area contributed by atoms with Crippen LogP contribution >= 0.6 is 0 Å². The second kappa shape index (κ2) is 13.5. The highest BCUT2D eigenvalue weighted by molar-refractivity contribution is 6.06. The first kappa shape index (κ1) is 33.0. The number of fused-ring (bicyclic) bond motifs is 3. The van der Waals surface area contributed by atoms with Gasteiger partial charge >= 0.3 is 5.97 Å². The second-order valence-corrected chi connectivity index (χ2v) is 13.5. The molecular weight excluding hydrogens is 657 g/mol. The van der Waals surface area contributed by atoms with Crippen molar-refractivity contribution in [2.24, 2.45) is 7.05 Å². The van der Waals surface area contributed by atoms with Gasteiger partial charge in [0.05, 0.1) is 36.8 Å². The largest absolute Gasteiger partial charge is 0.461 e. The fourth-order valence-electron chi connectivity index (χ4n) is 7.57. The van der Waals surface area contributed by atoms with E-state index < -0.39 is 17.7 Å². The van der Waals surface area contributed by atoms with E-state index in [1.54, 1.807) is 25.4 Å². The smallest absolute Gasteiger partial charge is 0.302 e. The van der Waals surface area contributed by atoms with E-state index >= 15 is 4.39 Å². The van der Waals surface area contributed by atoms with Crippen molar-refractivity contribution in [1.29, 1.82) is 0 Å². The number of hydrogen-bond acceptors (Lipinski definition) is 11. The number of ether oxygens (including phenoxy) is 2. The van der Waals surface area contributed by atoms with Crippen LogP contribution in [0.2, 0.25) is 0 Å². The third-order valence-corrected chi connectivity index (χ3v) is 10.4. The zero-order valence-corrected chi connectivity index (χ0v) is 28.7. The van der Waals surface area contributed by atoms with Crippen LogP contribution in [0.15, 0.2) is 41.5 Å². The van der Waals surface area contributed by atoms with Crippen LogP contribution in [0.4, 0.5) is 27.4 Å². The molecule has 4 aliphatic rings. The number of aromatic nitrogens is 5. The number of aryl methyl sites for hydroxylation is 1. The standard InChI is InChI=1S/C36H40FN9O5/c1-22(47)51-21-27-25(9-10-38-34(27)46-16-15-45-30-6-4-3-5-26(30)32(37)33(45)36(46)49)28-17-29(35(48)42(2)41-28)40-31-8-7-23(18-39-31)43-11-13-44(14-12-43)24-19-50-20-24/h7-10,17-18,24H,3-6,11-16,19-21H2,1-2H3,(H,39,40). The number of esters is 1. The van der Waals surface area contributed by atoms with Crippen LogP contribution in [0.5, 0.6) is 0 Å². The summed E-state index contributed by atoms with van der Waals surface area (Å²) < 4.78 is 29.5. The Bertz CT molecular complexity index is 2050. The molecule has 4 aromatic rings. The van der Waals surface area contributed by atoms with Gasteiger partial charge in [0.2, 0.25) is 0 Å². The molecule has 4 aromatic heterocycles. The van der Waals surface area contributed by atoms with Crippen molar-refractivity contribution >= 4 is 34.9 Å². The van der Waals surface area contributed by atoms with Crippen LogP contribution in [0.1, 0.15) is 47.1 Å². The molecule has 8 rings (SSSR count). The molecule has 266 valence electrons. The number of hydrogen-bond donors (Lipinski definition) is 1. The third kappa shape index (κ3) is 6.14. The van der Waals surface area contributed by atoms with Gasteiger partial charge in [0, 0.05) is 81.8 Å². The molecule has 0 saturated carbocycles. The number of carbonyl (C=O) groups excluding carboxylic acids is 2. The topological polar surface area (TPSA) is 140 Å². The highest BCUT2D eigenvalue weighted by atomic mass is 19.1. The van der Waals surface area contributed by atoms with E-state index in [1.807, 2.05) is 16.7 Å². The van der Waals surface area contributed by atoms with Crippen molar-refractivity contribution < 1.29 is 23.5 Å². The minimum atomic E-state index is -0.520. The summed E-state index contributed by atoms with van der Waals surface area (Å²) in [5.74, 6) is -0.750. The van der Waals surface area contributed by atoms with Crippen LogP contribution in [0, 0.1) is 5.82 Å². The minimum Gasteiger partial charge on any atom is -0.461 e. The molecule has 1 amide bonds. The van der Waals surface area contributed by atoms with Gasteiger partial charge in [0.25, 0.3) is 11.5 Å². The lowest BCUT2D eigenvalue weighted by atomic mass is 9.97. The molecule has 7 heterocycles. The molecule has 0 aromatic carbocycles. The lowest BCUT2D eigenvalue weighted by molar-refractivity contribution is -0.142. The third-order valence-electron chi connectivity index (χ3n) is 10.4. The fourth-order valence-corrected chi connectivity index (χ4v) is 7.57. The number of nitrogens with one attached hydrogen (secondary N) is 1. The summed E-state index contributed by atoms with van der Waals surface area (Å²) >= 11 is 0. The van der Waals surface area contributed by atoms with E-state index in [2.05, 4.69) is 30.2 Å². The molecule has 0 atom stereocenters. The van der Waals surface area contributed by atoms with Crippen molar-refractivity contribution in [3.63, 3.8) is 0 Å². The number of rotatable bonds is 8. The maximum Gasteiger partial charge on any atom is 0.302 e. The van der Waals surface area contributed by atoms with E-state index in [-0.39, 0.29) is 35.9 Å². The Kier molecular flexibility index (Phi) is 8.76. The zero-order chi connectivity index (χ0) is 35.2. The fraction of sp³-hybridized carbons (Fsp3) is 0.444. The lowest BCUT2D eigenvalue weighted by Crippen LogP contribution is -2.56. The number of halogens is 1. The van der Waals surface area contributed by atoms with Gasteiger partial charge in [-0.25, -0.2) is 19.0 Å². The molecule has 0 spiro atoms. The Balaban J connectivity index is 1.08. The Morgan fingerprint density at radius 1 is 1.04 bits per heavy atom. The van der Waals surface area contributed by atoms with E-state index in [1.165, 1.54) is 22.7 Å². The monoisotopic (exact) mass is 697 g/mol. The number of anilines is 4. The van der Waals surface area contributed by atoms with Gasteiger partial charge in [-0.15, -0.1) is 0 Å². The van der Waals surface area contributed by atoms with Gasteiger partial charge in [0.1, 0.15) is 29.6 Å². The van der Waals surface area contributed by atoms with Crippen LogP contribution in [0.25, 0.3) is 11.3 Å². The van der Waals surface area contributed by atoms with Crippen LogP contribution < -0.4 is 20.7 Å². The Morgan fingerprint density at radius 3 is 2.57 bits per heavy atom. The van der Waals surface area contributed by atoms with E-state index in [9.17, 15) is 14.4 Å². The number of carbonyl (C=O) groups is 2. The number of nitrogens with zero attached hydrogens (tertiary/aromatic N) is 8. The maximum atomic E-state index is 15.7. The van der Waals surface area contributed by atoms with Crippen molar-refractivity contribution in [1.82, 2.24) is 29.2 Å². The molecule has 0 radical (unpaired) electrons. The van der Waals surface area contributed by atoms with Crippen molar-refractivity contribution in [3.05, 3.63) is 75.3 Å². The summed E-state index contributed by atoms with van der Waals surface area (Å²) in [5.41, 5.74) is 3.73. The van der Waals surface area contributed by atoms with Crippen molar-refractivity contribution in [3.8, 4) is 11.3 Å². The average Bonchev–Trinajstić information content (AvgIpc) is 3.41. The predicted octanol–water partition coefficient (Wildman–Crippen LogP) is 3.04. The van der Waals surface area contributed by atoms with Gasteiger partial charge in [-0.05, 0) is 49.9 Å². The molecule has 2 fully saturated rings. The molecule has 14 nitrogen and oxygen atoms in total. The van der Waals surface area contributed by atoms with Gasteiger partial charge in [-0.3, -0.25) is 24.2 Å². The summed E-state index contributed by atoms with van der Waals surface area (Å²) in [6, 6.07) is 7.65. The summed E-state index contributed by atoms with van der Waals surface area (Å²) in [6.07, 6.45) is 6.54. The molecular formula is C36H40FN9O5. The Morgan fingerprint density at radius 2 is 1.84 bits per heavy atom. The number of pyridine rings is 2. The van der Waals surface area contributed by atoms with Gasteiger partial charge in [0.15, 0.2) is 5.82 Å². The second-order valence-electron chi connectivity index (χ2n) is 13.5. The molecule has 15 heteroatoms. The molecule has 0 bridgehead atoms. The molecule has 3 aliphatic heterocycles. The van der Waals surface area contributed by atoms with Gasteiger partial charge < -0.3 is 24.3 Å². The first-order valence-electron chi connectivity index (χ1n) is 17.5. The molecule has 1 N–H and O–H groups in total. The lowest BCUT2D eigenvalue weighted by Gasteiger charge is -2.43. The Labute approximate surface area is 293 Å². The number of piperazine rings is 1. The summed E-state index contributed by atoms with van der Waals surface area (Å²) in [7, 11) is 1.55. The first-order valence-corrected chi connectivity index (χ1v) is 17.5. The minimum absolute atomic E-state index is 0.0371. The van der Waals surface area contributed by atoms with E-state index in [4.69, 9.17) is 9.47 Å². The molecule has 1 aliphatic carbocycles. The quantitative estimate of drug-likeness (QED) is 0.272. The summed E-state index contributed by atoms with van der Waals surface area (Å²) in [6.45, 7) is 7.11. The SMILES string of the molecule is CC(=O)OCc1c(-c2cc(Nc3ccc(N4CCN(C5COC5)CC4)cn3)c(=O)n(C)n2)ccnc1N1CCn2c3c(c(F)c2C1=O)CCCC3. The zero-order valence-electron chi connectivity index (χ0n) is 28.7. The first-order chi connectivity index (χ1) is 24.8. The highest BCUT2D eigenvalue weighted by Gasteiger charge is 2.37. The average molecular weight is 698 g/mol. The predicted molar refractivity (Wildman–Crippen MR) is 187 cm³/mol. The summed E-state index contributed by atoms with van der Waals surface area (Å²) in [5, 5.41) is 7.68. The van der Waals surface area contributed by atoms with Crippen molar-refractivity contribution in [2.45, 2.75) is 51.8 Å². The van der Waals surface area contributed by atoms with Gasteiger partial charge in [-0.1, -0.05) is 0 Å². The normalized spacial score (nSPS) is 17.9. The van der Waals surface area contributed by atoms with E-state index in [0.29, 0.717) is 47.2 Å². The van der Waals surface area contributed by atoms with Gasteiger partial charge in [-0.2, -0.15) is 5.10 Å². The van der Waals surface area contributed by atoms with E-state index in [0.717, 1.165) is 70.0 Å². The maximum absolute atomic E-state index is 15.7. The Hall–Kier alpha value is -5.15. The summed E-state index contributed by atoms with van der Waals surface area (Å²) in [4.78, 5) is 54.6. The molecule has 0 unspecified atom stereocenters. The molecule has 2 saturated heterocycles.